The van der Waals surface area contributed by atoms with Gasteiger partial charge in [0.25, 0.3) is 0 Å². The zero-order chi connectivity index (χ0) is 13.3. The Bertz CT molecular complexity index is 598. The average molecular weight is 249 g/mol. The van der Waals surface area contributed by atoms with E-state index in [2.05, 4.69) is 19.2 Å². The molecule has 1 unspecified atom stereocenters. The Morgan fingerprint density at radius 3 is 2.83 bits per heavy atom. The maximum Gasteiger partial charge on any atom is 0.419 e. The van der Waals surface area contributed by atoms with Crippen LogP contribution in [0.1, 0.15) is 25.5 Å². The van der Waals surface area contributed by atoms with Crippen LogP contribution in [0.2, 0.25) is 0 Å². The Morgan fingerprint density at radius 2 is 2.17 bits per heavy atom. The van der Waals surface area contributed by atoms with Gasteiger partial charge in [-0.15, -0.1) is 0 Å². The van der Waals surface area contributed by atoms with Crippen LogP contribution in [0.4, 0.5) is 0 Å². The van der Waals surface area contributed by atoms with Crippen LogP contribution in [0.5, 0.6) is 0 Å². The minimum atomic E-state index is -0.351. The number of nitrogens with one attached hydrogen (secondary N) is 1. The summed E-state index contributed by atoms with van der Waals surface area (Å²) in [5.41, 5.74) is 8.47. The van der Waals surface area contributed by atoms with E-state index in [1.165, 1.54) is 4.57 Å². The van der Waals surface area contributed by atoms with E-state index in [9.17, 15) is 4.79 Å². The molecule has 18 heavy (non-hydrogen) atoms. The fraction of sp³-hybridized carbons (Fsp3) is 0.462. The number of hydrogen-bond acceptors (Lipinski definition) is 4. The van der Waals surface area contributed by atoms with E-state index in [4.69, 9.17) is 10.2 Å². The smallest absolute Gasteiger partial charge is 0.408 e. The fourth-order valence-electron chi connectivity index (χ4n) is 1.85. The molecule has 1 aromatic carbocycles. The number of benzene rings is 1. The predicted octanol–water partition coefficient (Wildman–Crippen LogP) is 1.13. The first-order valence-electron chi connectivity index (χ1n) is 6.07. The van der Waals surface area contributed by atoms with Crippen LogP contribution >= 0.6 is 0 Å². The summed E-state index contributed by atoms with van der Waals surface area (Å²) in [7, 11) is 1.69. The molecule has 0 aliphatic heterocycles. The molecule has 98 valence electrons. The van der Waals surface area contributed by atoms with Gasteiger partial charge in [0.05, 0.1) is 5.52 Å². The number of hydrogen-bond donors (Lipinski definition) is 2. The molecule has 0 bridgehead atoms. The largest absolute Gasteiger partial charge is 0.419 e. The van der Waals surface area contributed by atoms with Crippen LogP contribution in [0.3, 0.4) is 0 Å². The Balaban J connectivity index is 2.29. The second kappa shape index (κ2) is 4.96. The number of nitrogens with zero attached hydrogens (tertiary/aromatic N) is 1. The van der Waals surface area contributed by atoms with E-state index in [0.29, 0.717) is 18.2 Å². The van der Waals surface area contributed by atoms with Gasteiger partial charge >= 0.3 is 5.76 Å². The standard InChI is InChI=1S/C13H19N3O2/c1-8(2)15-7-10(14)9-4-5-12-11(6-9)16(3)13(17)18-12/h4-6,8,10,15H,7,14H2,1-3H3. The molecule has 0 saturated carbocycles. The van der Waals surface area contributed by atoms with Crippen molar-refractivity contribution < 1.29 is 4.42 Å². The normalized spacial score (nSPS) is 13.4. The van der Waals surface area contributed by atoms with Crippen molar-refractivity contribution in [1.82, 2.24) is 9.88 Å². The first-order valence-corrected chi connectivity index (χ1v) is 6.07. The SMILES string of the molecule is CC(C)NCC(N)c1ccc2oc(=O)n(C)c2c1. The molecule has 3 N–H and O–H groups in total. The van der Waals surface area contributed by atoms with Gasteiger partial charge in [0.1, 0.15) is 0 Å². The molecule has 2 aromatic rings. The van der Waals surface area contributed by atoms with E-state index >= 15 is 0 Å². The molecule has 0 fully saturated rings. The van der Waals surface area contributed by atoms with Gasteiger partial charge in [-0.25, -0.2) is 4.79 Å². The van der Waals surface area contributed by atoms with Crippen LogP contribution in [-0.2, 0) is 7.05 Å². The Labute approximate surface area is 106 Å². The molecule has 1 heterocycles. The van der Waals surface area contributed by atoms with Crippen LogP contribution in [-0.4, -0.2) is 17.2 Å². The van der Waals surface area contributed by atoms with Crippen molar-refractivity contribution in [2.45, 2.75) is 25.9 Å². The summed E-state index contributed by atoms with van der Waals surface area (Å²) in [4.78, 5) is 11.4. The third kappa shape index (κ3) is 2.47. The Hall–Kier alpha value is -1.59. The highest BCUT2D eigenvalue weighted by atomic mass is 16.4. The van der Waals surface area contributed by atoms with E-state index < -0.39 is 0 Å². The van der Waals surface area contributed by atoms with Crippen molar-refractivity contribution >= 4 is 11.1 Å². The van der Waals surface area contributed by atoms with Crippen molar-refractivity contribution in [1.29, 1.82) is 0 Å². The molecule has 0 spiro atoms. The van der Waals surface area contributed by atoms with Crippen LogP contribution in [0.25, 0.3) is 11.1 Å². The molecule has 0 amide bonds. The molecule has 2 rings (SSSR count). The molecule has 1 aromatic heterocycles. The minimum Gasteiger partial charge on any atom is -0.408 e. The van der Waals surface area contributed by atoms with Gasteiger partial charge < -0.3 is 15.5 Å². The number of aromatic nitrogens is 1. The summed E-state index contributed by atoms with van der Waals surface area (Å²) in [6.45, 7) is 4.86. The van der Waals surface area contributed by atoms with Crippen LogP contribution in [0, 0.1) is 0 Å². The van der Waals surface area contributed by atoms with E-state index in [0.717, 1.165) is 11.1 Å². The third-order valence-corrected chi connectivity index (χ3v) is 2.99. The molecular weight excluding hydrogens is 230 g/mol. The minimum absolute atomic E-state index is 0.0956. The average Bonchev–Trinajstić information content (AvgIpc) is 2.62. The number of fused-ring (bicyclic) bond motifs is 1. The van der Waals surface area contributed by atoms with Crippen molar-refractivity contribution in [2.24, 2.45) is 12.8 Å². The lowest BCUT2D eigenvalue weighted by Crippen LogP contribution is -2.31. The van der Waals surface area contributed by atoms with E-state index in [1.807, 2.05) is 12.1 Å². The lowest BCUT2D eigenvalue weighted by molar-refractivity contribution is 0.528. The van der Waals surface area contributed by atoms with Gasteiger partial charge in [-0.05, 0) is 17.7 Å². The van der Waals surface area contributed by atoms with E-state index in [-0.39, 0.29) is 11.8 Å². The quantitative estimate of drug-likeness (QED) is 0.852. The van der Waals surface area contributed by atoms with Crippen molar-refractivity contribution in [3.63, 3.8) is 0 Å². The first kappa shape index (κ1) is 12.9. The molecular formula is C13H19N3O2. The lowest BCUT2D eigenvalue weighted by atomic mass is 10.1. The van der Waals surface area contributed by atoms with Crippen molar-refractivity contribution in [2.75, 3.05) is 6.54 Å². The Morgan fingerprint density at radius 1 is 1.44 bits per heavy atom. The summed E-state index contributed by atoms with van der Waals surface area (Å²) in [6.07, 6.45) is 0. The lowest BCUT2D eigenvalue weighted by Gasteiger charge is -2.15. The highest BCUT2D eigenvalue weighted by molar-refractivity contribution is 5.73. The third-order valence-electron chi connectivity index (χ3n) is 2.99. The second-order valence-electron chi connectivity index (χ2n) is 4.82. The van der Waals surface area contributed by atoms with Gasteiger partial charge in [0.2, 0.25) is 0 Å². The maximum absolute atomic E-state index is 11.4. The second-order valence-corrected chi connectivity index (χ2v) is 4.82. The molecule has 0 saturated heterocycles. The molecule has 0 aliphatic carbocycles. The number of nitrogens with two attached hydrogens (primary N) is 1. The first-order chi connectivity index (χ1) is 8.49. The molecule has 0 radical (unpaired) electrons. The zero-order valence-corrected chi connectivity index (χ0v) is 10.9. The van der Waals surface area contributed by atoms with Gasteiger partial charge in [-0.2, -0.15) is 0 Å². The summed E-state index contributed by atoms with van der Waals surface area (Å²) in [6, 6.07) is 5.91. The fourth-order valence-corrected chi connectivity index (χ4v) is 1.85. The van der Waals surface area contributed by atoms with Gasteiger partial charge in [0, 0.05) is 25.7 Å². The van der Waals surface area contributed by atoms with Crippen LogP contribution < -0.4 is 16.8 Å². The van der Waals surface area contributed by atoms with Crippen molar-refractivity contribution in [3.05, 3.63) is 34.3 Å². The molecule has 5 nitrogen and oxygen atoms in total. The van der Waals surface area contributed by atoms with E-state index in [1.54, 1.807) is 13.1 Å². The van der Waals surface area contributed by atoms with Gasteiger partial charge in [-0.3, -0.25) is 4.57 Å². The molecule has 5 heteroatoms. The zero-order valence-electron chi connectivity index (χ0n) is 10.9. The molecule has 0 aliphatic rings. The predicted molar refractivity (Wildman–Crippen MR) is 71.5 cm³/mol. The highest BCUT2D eigenvalue weighted by Gasteiger charge is 2.11. The summed E-state index contributed by atoms with van der Waals surface area (Å²) in [5.74, 6) is -0.351. The topological polar surface area (TPSA) is 73.2 Å². The van der Waals surface area contributed by atoms with Crippen molar-refractivity contribution in [3.8, 4) is 0 Å². The number of oxazole rings is 1. The summed E-state index contributed by atoms with van der Waals surface area (Å²) >= 11 is 0. The van der Waals surface area contributed by atoms with Crippen LogP contribution in [0.15, 0.2) is 27.4 Å². The highest BCUT2D eigenvalue weighted by Crippen LogP contribution is 2.18. The molecule has 1 atom stereocenters. The van der Waals surface area contributed by atoms with Gasteiger partial charge in [-0.1, -0.05) is 19.9 Å². The maximum atomic E-state index is 11.4. The number of rotatable bonds is 4. The number of aryl methyl sites for hydroxylation is 1. The summed E-state index contributed by atoms with van der Waals surface area (Å²) in [5, 5.41) is 3.29. The summed E-state index contributed by atoms with van der Waals surface area (Å²) < 4.78 is 6.57. The monoisotopic (exact) mass is 249 g/mol. The Kier molecular flexibility index (Phi) is 3.54. The van der Waals surface area contributed by atoms with Gasteiger partial charge in [0.15, 0.2) is 5.58 Å².